The van der Waals surface area contributed by atoms with Crippen molar-refractivity contribution in [2.24, 2.45) is 0 Å². The van der Waals surface area contributed by atoms with E-state index in [1.165, 1.54) is 0 Å². The third-order valence-corrected chi connectivity index (χ3v) is 1.16. The quantitative estimate of drug-likeness (QED) is 0.533. The van der Waals surface area contributed by atoms with E-state index in [0.717, 1.165) is 18.6 Å². The Hall–Kier alpha value is -0.560. The van der Waals surface area contributed by atoms with Gasteiger partial charge in [-0.25, -0.2) is 0 Å². The second-order valence-electron chi connectivity index (χ2n) is 2.53. The van der Waals surface area contributed by atoms with E-state index in [0.29, 0.717) is 6.10 Å². The van der Waals surface area contributed by atoms with Gasteiger partial charge in [-0.3, -0.25) is 0 Å². The van der Waals surface area contributed by atoms with Crippen LogP contribution in [0.2, 0.25) is 0 Å². The van der Waals surface area contributed by atoms with Crippen molar-refractivity contribution in [3.05, 3.63) is 24.8 Å². The predicted octanol–water partition coefficient (Wildman–Crippen LogP) is 2.54. The molecule has 0 spiro atoms. The summed E-state index contributed by atoms with van der Waals surface area (Å²) in [5.41, 5.74) is 1.04. The Bertz CT molecular complexity index is 114. The van der Waals surface area contributed by atoms with Gasteiger partial charge in [-0.05, 0) is 20.3 Å². The minimum absolute atomic E-state index is 0.317. The fourth-order valence-corrected chi connectivity index (χ4v) is 0.528. The SMILES string of the molecule is C=CC(=C)CCOC(C)C. The van der Waals surface area contributed by atoms with Crippen molar-refractivity contribution in [1.29, 1.82) is 0 Å². The molecular weight excluding hydrogens is 124 g/mol. The monoisotopic (exact) mass is 140 g/mol. The highest BCUT2D eigenvalue weighted by atomic mass is 16.5. The van der Waals surface area contributed by atoms with Crippen molar-refractivity contribution in [2.45, 2.75) is 26.4 Å². The number of ether oxygens (including phenoxy) is 1. The molecule has 0 aromatic heterocycles. The maximum absolute atomic E-state index is 5.31. The van der Waals surface area contributed by atoms with Crippen LogP contribution in [-0.2, 0) is 4.74 Å². The van der Waals surface area contributed by atoms with Crippen LogP contribution in [0.5, 0.6) is 0 Å². The third kappa shape index (κ3) is 5.57. The zero-order chi connectivity index (χ0) is 7.98. The Morgan fingerprint density at radius 1 is 1.60 bits per heavy atom. The Morgan fingerprint density at radius 2 is 2.20 bits per heavy atom. The van der Waals surface area contributed by atoms with E-state index in [4.69, 9.17) is 4.74 Å². The predicted molar refractivity (Wildman–Crippen MR) is 45.0 cm³/mol. The zero-order valence-electron chi connectivity index (χ0n) is 6.89. The lowest BCUT2D eigenvalue weighted by molar-refractivity contribution is 0.0817. The van der Waals surface area contributed by atoms with Crippen molar-refractivity contribution in [2.75, 3.05) is 6.61 Å². The Labute approximate surface area is 63.4 Å². The molecule has 0 saturated heterocycles. The van der Waals surface area contributed by atoms with Crippen LogP contribution in [0.4, 0.5) is 0 Å². The molecule has 0 aliphatic rings. The fraction of sp³-hybridized carbons (Fsp3) is 0.556. The largest absolute Gasteiger partial charge is 0.378 e. The Balaban J connectivity index is 3.19. The number of hydrogen-bond acceptors (Lipinski definition) is 1. The van der Waals surface area contributed by atoms with Gasteiger partial charge in [0.05, 0.1) is 12.7 Å². The van der Waals surface area contributed by atoms with Crippen LogP contribution in [0, 0.1) is 0 Å². The van der Waals surface area contributed by atoms with E-state index in [2.05, 4.69) is 13.2 Å². The van der Waals surface area contributed by atoms with Gasteiger partial charge in [0.25, 0.3) is 0 Å². The molecular formula is C9H16O. The minimum atomic E-state index is 0.317. The fourth-order valence-electron chi connectivity index (χ4n) is 0.528. The van der Waals surface area contributed by atoms with Gasteiger partial charge in [0, 0.05) is 0 Å². The van der Waals surface area contributed by atoms with Crippen molar-refractivity contribution in [3.8, 4) is 0 Å². The normalized spacial score (nSPS) is 9.90. The number of rotatable bonds is 5. The molecule has 1 heteroatoms. The van der Waals surface area contributed by atoms with Crippen LogP contribution in [-0.4, -0.2) is 12.7 Å². The van der Waals surface area contributed by atoms with Crippen molar-refractivity contribution >= 4 is 0 Å². The van der Waals surface area contributed by atoms with Crippen LogP contribution in [0.3, 0.4) is 0 Å². The first-order valence-electron chi connectivity index (χ1n) is 3.58. The average molecular weight is 140 g/mol. The lowest BCUT2D eigenvalue weighted by Crippen LogP contribution is -2.03. The molecule has 0 heterocycles. The van der Waals surface area contributed by atoms with E-state index in [9.17, 15) is 0 Å². The van der Waals surface area contributed by atoms with E-state index in [1.807, 2.05) is 13.8 Å². The van der Waals surface area contributed by atoms with Crippen LogP contribution in [0.1, 0.15) is 20.3 Å². The first-order valence-corrected chi connectivity index (χ1v) is 3.58. The Kier molecular flexibility index (Phi) is 4.95. The molecule has 0 atom stereocenters. The second kappa shape index (κ2) is 5.24. The second-order valence-corrected chi connectivity index (χ2v) is 2.53. The molecule has 58 valence electrons. The summed E-state index contributed by atoms with van der Waals surface area (Å²) in [5.74, 6) is 0. The first-order chi connectivity index (χ1) is 4.66. The van der Waals surface area contributed by atoms with Crippen LogP contribution < -0.4 is 0 Å². The van der Waals surface area contributed by atoms with Gasteiger partial charge in [0.2, 0.25) is 0 Å². The Morgan fingerprint density at radius 3 is 2.60 bits per heavy atom. The summed E-state index contributed by atoms with van der Waals surface area (Å²) in [6.07, 6.45) is 2.98. The summed E-state index contributed by atoms with van der Waals surface area (Å²) in [6.45, 7) is 12.2. The number of allylic oxidation sites excluding steroid dienone is 1. The van der Waals surface area contributed by atoms with Gasteiger partial charge >= 0.3 is 0 Å². The molecule has 0 N–H and O–H groups in total. The maximum atomic E-state index is 5.31. The standard InChI is InChI=1S/C9H16O/c1-5-9(4)6-7-10-8(2)3/h5,8H,1,4,6-7H2,2-3H3. The molecule has 10 heavy (non-hydrogen) atoms. The maximum Gasteiger partial charge on any atom is 0.0519 e. The van der Waals surface area contributed by atoms with E-state index < -0.39 is 0 Å². The molecule has 0 aromatic rings. The number of hydrogen-bond donors (Lipinski definition) is 0. The van der Waals surface area contributed by atoms with Gasteiger partial charge in [-0.15, -0.1) is 0 Å². The van der Waals surface area contributed by atoms with E-state index in [-0.39, 0.29) is 0 Å². The molecule has 0 unspecified atom stereocenters. The van der Waals surface area contributed by atoms with Crippen LogP contribution >= 0.6 is 0 Å². The van der Waals surface area contributed by atoms with Crippen molar-refractivity contribution in [1.82, 2.24) is 0 Å². The molecule has 0 radical (unpaired) electrons. The van der Waals surface area contributed by atoms with Gasteiger partial charge in [0.1, 0.15) is 0 Å². The van der Waals surface area contributed by atoms with E-state index in [1.54, 1.807) is 6.08 Å². The highest BCUT2D eigenvalue weighted by Crippen LogP contribution is 1.99. The lowest BCUT2D eigenvalue weighted by Gasteiger charge is -2.06. The van der Waals surface area contributed by atoms with Crippen molar-refractivity contribution < 1.29 is 4.74 Å². The summed E-state index contributed by atoms with van der Waals surface area (Å²) in [6, 6.07) is 0. The van der Waals surface area contributed by atoms with Gasteiger partial charge in [-0.2, -0.15) is 0 Å². The summed E-state index contributed by atoms with van der Waals surface area (Å²) in [5, 5.41) is 0. The first kappa shape index (κ1) is 9.44. The molecule has 0 fully saturated rings. The summed E-state index contributed by atoms with van der Waals surface area (Å²) >= 11 is 0. The molecule has 0 aromatic carbocycles. The van der Waals surface area contributed by atoms with Gasteiger partial charge in [0.15, 0.2) is 0 Å². The summed E-state index contributed by atoms with van der Waals surface area (Å²) in [7, 11) is 0. The highest BCUT2D eigenvalue weighted by molar-refractivity contribution is 5.10. The average Bonchev–Trinajstić information content (AvgIpc) is 1.87. The molecule has 0 rings (SSSR count). The van der Waals surface area contributed by atoms with Gasteiger partial charge < -0.3 is 4.74 Å². The minimum Gasteiger partial charge on any atom is -0.378 e. The molecule has 0 amide bonds. The zero-order valence-corrected chi connectivity index (χ0v) is 6.89. The van der Waals surface area contributed by atoms with Crippen molar-refractivity contribution in [3.63, 3.8) is 0 Å². The van der Waals surface area contributed by atoms with Crippen LogP contribution in [0.15, 0.2) is 24.8 Å². The van der Waals surface area contributed by atoms with Crippen LogP contribution in [0.25, 0.3) is 0 Å². The van der Waals surface area contributed by atoms with Gasteiger partial charge in [-0.1, -0.05) is 24.8 Å². The summed E-state index contributed by atoms with van der Waals surface area (Å²) in [4.78, 5) is 0. The molecule has 1 nitrogen and oxygen atoms in total. The lowest BCUT2D eigenvalue weighted by atomic mass is 10.2. The molecule has 0 bridgehead atoms. The smallest absolute Gasteiger partial charge is 0.0519 e. The molecule has 0 aliphatic heterocycles. The van der Waals surface area contributed by atoms with E-state index >= 15 is 0 Å². The third-order valence-electron chi connectivity index (χ3n) is 1.16. The summed E-state index contributed by atoms with van der Waals surface area (Å²) < 4.78 is 5.31. The highest BCUT2D eigenvalue weighted by Gasteiger charge is 1.92. The molecule has 0 aliphatic carbocycles. The topological polar surface area (TPSA) is 9.23 Å². The molecule has 0 saturated carbocycles.